The Morgan fingerprint density at radius 3 is 2.86 bits per heavy atom. The largest absolute Gasteiger partial charge is 0.467 e. The van der Waals surface area contributed by atoms with Crippen LogP contribution in [-0.4, -0.2) is 35.6 Å². The topological polar surface area (TPSA) is 77.3 Å². The van der Waals surface area contributed by atoms with Crippen molar-refractivity contribution >= 4 is 0 Å². The van der Waals surface area contributed by atoms with E-state index in [1.54, 1.807) is 6.07 Å². The highest BCUT2D eigenvalue weighted by molar-refractivity contribution is 5.35. The second-order valence-corrected chi connectivity index (χ2v) is 4.63. The fourth-order valence-electron chi connectivity index (χ4n) is 1.82. The molecular formula is C13H14F3N3O3. The molecule has 0 N–H and O–H groups in total. The summed E-state index contributed by atoms with van der Waals surface area (Å²) in [5.74, 6) is -0.275. The van der Waals surface area contributed by atoms with Crippen LogP contribution in [0.5, 0.6) is 5.88 Å². The molecule has 1 aromatic heterocycles. The molecule has 0 bridgehead atoms. The highest BCUT2D eigenvalue weighted by Crippen LogP contribution is 2.20. The molecule has 1 aromatic rings. The number of hydrogen-bond acceptors (Lipinski definition) is 6. The van der Waals surface area contributed by atoms with E-state index in [1.807, 2.05) is 0 Å². The van der Waals surface area contributed by atoms with E-state index in [-0.39, 0.29) is 24.3 Å². The van der Waals surface area contributed by atoms with Crippen molar-refractivity contribution in [3.05, 3.63) is 17.6 Å². The van der Waals surface area contributed by atoms with E-state index in [2.05, 4.69) is 14.7 Å². The smallest absolute Gasteiger partial charge is 0.422 e. The van der Waals surface area contributed by atoms with Crippen molar-refractivity contribution < 1.29 is 27.4 Å². The summed E-state index contributed by atoms with van der Waals surface area (Å²) in [5.41, 5.74) is -0.165. The van der Waals surface area contributed by atoms with Crippen molar-refractivity contribution in [1.82, 2.24) is 9.97 Å². The minimum atomic E-state index is -4.51. The Kier molecular flexibility index (Phi) is 5.51. The van der Waals surface area contributed by atoms with Crippen molar-refractivity contribution in [3.8, 4) is 11.9 Å². The fraction of sp³-hybridized carbons (Fsp3) is 0.615. The van der Waals surface area contributed by atoms with Gasteiger partial charge in [-0.3, -0.25) is 0 Å². The molecule has 0 aromatic carbocycles. The quantitative estimate of drug-likeness (QED) is 0.829. The van der Waals surface area contributed by atoms with Gasteiger partial charge in [0.15, 0.2) is 18.7 Å². The van der Waals surface area contributed by atoms with Gasteiger partial charge in [0, 0.05) is 6.61 Å². The summed E-state index contributed by atoms with van der Waals surface area (Å²) < 4.78 is 51.9. The number of aromatic nitrogens is 2. The second-order valence-electron chi connectivity index (χ2n) is 4.63. The van der Waals surface area contributed by atoms with E-state index in [0.717, 1.165) is 25.5 Å². The van der Waals surface area contributed by atoms with E-state index in [4.69, 9.17) is 14.7 Å². The first-order valence-corrected chi connectivity index (χ1v) is 6.67. The lowest BCUT2D eigenvalue weighted by Crippen LogP contribution is -2.23. The molecule has 6 nitrogen and oxygen atoms in total. The number of nitrogens with zero attached hydrogens (tertiary/aromatic N) is 3. The van der Waals surface area contributed by atoms with Crippen molar-refractivity contribution in [2.24, 2.45) is 0 Å². The third-order valence-electron chi connectivity index (χ3n) is 2.83. The molecule has 1 saturated heterocycles. The molecule has 0 saturated carbocycles. The Balaban J connectivity index is 1.98. The van der Waals surface area contributed by atoms with Crippen LogP contribution in [0.4, 0.5) is 13.2 Å². The zero-order valence-corrected chi connectivity index (χ0v) is 11.6. The van der Waals surface area contributed by atoms with Crippen molar-refractivity contribution in [1.29, 1.82) is 5.26 Å². The molecule has 2 heterocycles. The fourth-order valence-corrected chi connectivity index (χ4v) is 1.82. The molecule has 0 aliphatic carbocycles. The minimum Gasteiger partial charge on any atom is -0.467 e. The molecule has 0 radical (unpaired) electrons. The molecule has 1 atom stereocenters. The number of hydrogen-bond donors (Lipinski definition) is 0. The molecule has 1 fully saturated rings. The van der Waals surface area contributed by atoms with Crippen molar-refractivity contribution in [3.63, 3.8) is 0 Å². The summed E-state index contributed by atoms with van der Waals surface area (Å²) in [7, 11) is 0. The first kappa shape index (κ1) is 16.5. The molecule has 1 aliphatic rings. The average molecular weight is 317 g/mol. The molecule has 1 unspecified atom stereocenters. The maximum atomic E-state index is 12.2. The Hall–Kier alpha value is -1.92. The van der Waals surface area contributed by atoms with Gasteiger partial charge >= 0.3 is 6.18 Å². The van der Waals surface area contributed by atoms with E-state index in [1.165, 1.54) is 0 Å². The summed E-state index contributed by atoms with van der Waals surface area (Å²) in [5, 5.41) is 8.83. The van der Waals surface area contributed by atoms with E-state index in [9.17, 15) is 13.2 Å². The van der Waals surface area contributed by atoms with E-state index < -0.39 is 18.7 Å². The molecule has 120 valence electrons. The minimum absolute atomic E-state index is 0.0290. The van der Waals surface area contributed by atoms with E-state index in [0.29, 0.717) is 6.61 Å². The summed E-state index contributed by atoms with van der Waals surface area (Å²) in [6.07, 6.45) is -1.06. The lowest BCUT2D eigenvalue weighted by molar-refractivity contribution is -0.170. The number of ether oxygens (including phenoxy) is 3. The van der Waals surface area contributed by atoms with Gasteiger partial charge in [0.1, 0.15) is 18.2 Å². The summed E-state index contributed by atoms with van der Waals surface area (Å²) in [6.45, 7) is -0.942. The maximum Gasteiger partial charge on any atom is 0.422 e. The molecule has 1 aliphatic heterocycles. The van der Waals surface area contributed by atoms with Crippen LogP contribution in [0.25, 0.3) is 0 Å². The second kappa shape index (κ2) is 7.38. The normalized spacial score (nSPS) is 18.7. The Labute approximate surface area is 124 Å². The number of alkyl halides is 3. The van der Waals surface area contributed by atoms with Crippen LogP contribution in [0, 0.1) is 11.3 Å². The third kappa shape index (κ3) is 5.13. The lowest BCUT2D eigenvalue weighted by Gasteiger charge is -2.22. The zero-order valence-electron chi connectivity index (χ0n) is 11.6. The molecule has 0 spiro atoms. The number of rotatable bonds is 5. The van der Waals surface area contributed by atoms with Gasteiger partial charge in [-0.25, -0.2) is 4.98 Å². The SMILES string of the molecule is N#Cc1cnc(COC2CCCCO2)nc1OCC(F)(F)F. The van der Waals surface area contributed by atoms with Crippen LogP contribution in [-0.2, 0) is 16.1 Å². The molecule has 2 rings (SSSR count). The van der Waals surface area contributed by atoms with Crippen LogP contribution in [0.3, 0.4) is 0 Å². The van der Waals surface area contributed by atoms with Crippen LogP contribution in [0.15, 0.2) is 6.20 Å². The summed E-state index contributed by atoms with van der Waals surface area (Å²) >= 11 is 0. The Morgan fingerprint density at radius 1 is 1.41 bits per heavy atom. The van der Waals surface area contributed by atoms with E-state index >= 15 is 0 Å². The average Bonchev–Trinajstić information content (AvgIpc) is 2.51. The van der Waals surface area contributed by atoms with Crippen LogP contribution >= 0.6 is 0 Å². The molecule has 0 amide bonds. The Bertz CT molecular complexity index is 540. The van der Waals surface area contributed by atoms with Gasteiger partial charge < -0.3 is 14.2 Å². The predicted octanol–water partition coefficient (Wildman–Crippen LogP) is 2.33. The van der Waals surface area contributed by atoms with Crippen LogP contribution < -0.4 is 4.74 Å². The molecular weight excluding hydrogens is 303 g/mol. The highest BCUT2D eigenvalue weighted by atomic mass is 19.4. The third-order valence-corrected chi connectivity index (χ3v) is 2.83. The van der Waals surface area contributed by atoms with Crippen LogP contribution in [0.2, 0.25) is 0 Å². The predicted molar refractivity (Wildman–Crippen MR) is 66.7 cm³/mol. The van der Waals surface area contributed by atoms with Gasteiger partial charge in [0.2, 0.25) is 5.88 Å². The van der Waals surface area contributed by atoms with Gasteiger partial charge in [-0.15, -0.1) is 0 Å². The monoisotopic (exact) mass is 317 g/mol. The van der Waals surface area contributed by atoms with Crippen molar-refractivity contribution in [2.45, 2.75) is 38.3 Å². The molecule has 22 heavy (non-hydrogen) atoms. The lowest BCUT2D eigenvalue weighted by atomic mass is 10.2. The van der Waals surface area contributed by atoms with Gasteiger partial charge in [-0.2, -0.15) is 23.4 Å². The van der Waals surface area contributed by atoms with Gasteiger partial charge in [0.25, 0.3) is 0 Å². The molecule has 9 heteroatoms. The number of nitriles is 1. The first-order valence-electron chi connectivity index (χ1n) is 6.67. The van der Waals surface area contributed by atoms with Gasteiger partial charge in [-0.1, -0.05) is 0 Å². The van der Waals surface area contributed by atoms with Crippen LogP contribution in [0.1, 0.15) is 30.7 Å². The standard InChI is InChI=1S/C13H14F3N3O3/c14-13(15,16)8-22-12-9(5-17)6-18-10(19-12)7-21-11-3-1-2-4-20-11/h6,11H,1-4,7-8H2. The maximum absolute atomic E-state index is 12.2. The number of halogens is 3. The van der Waals surface area contributed by atoms with Gasteiger partial charge in [-0.05, 0) is 19.3 Å². The van der Waals surface area contributed by atoms with Gasteiger partial charge in [0.05, 0.1) is 6.20 Å². The zero-order chi connectivity index (χ0) is 16.0. The van der Waals surface area contributed by atoms with Crippen molar-refractivity contribution in [2.75, 3.05) is 13.2 Å². The first-order chi connectivity index (χ1) is 10.5. The summed E-state index contributed by atoms with van der Waals surface area (Å²) in [6, 6.07) is 1.68. The summed E-state index contributed by atoms with van der Waals surface area (Å²) in [4.78, 5) is 7.66. The Morgan fingerprint density at radius 2 is 2.23 bits per heavy atom. The highest BCUT2D eigenvalue weighted by Gasteiger charge is 2.29.